The molecule has 0 atom stereocenters. The van der Waals surface area contributed by atoms with E-state index in [1.165, 1.54) is 12.7 Å². The molecule has 0 aliphatic heterocycles. The Hall–Kier alpha value is -7.58. The summed E-state index contributed by atoms with van der Waals surface area (Å²) in [7, 11) is 6.37. The van der Waals surface area contributed by atoms with Gasteiger partial charge in [0.25, 0.3) is 0 Å². The van der Waals surface area contributed by atoms with Gasteiger partial charge < -0.3 is 39.8 Å². The molecule has 4 N–H and O–H groups in total. The number of carbonyl (C=O) groups is 2. The molecule has 6 aromatic rings. The van der Waals surface area contributed by atoms with E-state index in [9.17, 15) is 9.59 Å². The van der Waals surface area contributed by atoms with Crippen molar-refractivity contribution in [1.29, 1.82) is 0 Å². The van der Waals surface area contributed by atoms with Crippen LogP contribution in [0.3, 0.4) is 0 Å². The molecule has 0 saturated carbocycles. The summed E-state index contributed by atoms with van der Waals surface area (Å²) in [4.78, 5) is 36.5. The first-order chi connectivity index (χ1) is 26.1. The highest BCUT2D eigenvalue weighted by Crippen LogP contribution is 2.35. The highest BCUT2D eigenvalue weighted by atomic mass is 16.5. The van der Waals surface area contributed by atoms with Crippen LogP contribution in [0.15, 0.2) is 85.5 Å². The molecular formula is C40H36N6O8. The van der Waals surface area contributed by atoms with Crippen molar-refractivity contribution in [3.63, 3.8) is 0 Å². The van der Waals surface area contributed by atoms with Gasteiger partial charge in [0.2, 0.25) is 0 Å². The zero-order valence-electron chi connectivity index (χ0n) is 29.8. The van der Waals surface area contributed by atoms with Crippen molar-refractivity contribution in [3.05, 3.63) is 96.6 Å². The van der Waals surface area contributed by atoms with Gasteiger partial charge in [-0.25, -0.2) is 19.9 Å². The topological polar surface area (TPSA) is 187 Å². The number of rotatable bonds is 11. The number of ether oxygens (including phenoxy) is 4. The van der Waals surface area contributed by atoms with Gasteiger partial charge in [-0.3, -0.25) is 9.59 Å². The van der Waals surface area contributed by atoms with Crippen LogP contribution in [0.2, 0.25) is 0 Å². The van der Waals surface area contributed by atoms with Crippen LogP contribution in [0, 0.1) is 24.7 Å². The normalized spacial score (nSPS) is 9.89. The van der Waals surface area contributed by atoms with Crippen LogP contribution >= 0.6 is 0 Å². The standard InChI is InChI=1S/2C18H15N3O2.C4H6O4/c2*1-4-12-6-5-7-13(8-12)21-18-14-9-16(22-2)17(23-3)10-15(14)19-11-20-18;5-3(6)1-2-4(7)8/h2*1,5-11H,2-3H3,(H,19,20,21);1-2H2,(H,5,6)(H,7,8). The van der Waals surface area contributed by atoms with Gasteiger partial charge in [-0.1, -0.05) is 24.0 Å². The van der Waals surface area contributed by atoms with Crippen molar-refractivity contribution >= 4 is 56.8 Å². The summed E-state index contributed by atoms with van der Waals surface area (Å²) in [5.41, 5.74) is 4.83. The van der Waals surface area contributed by atoms with E-state index in [1.54, 1.807) is 28.4 Å². The number of carboxylic acid groups (broad SMARTS) is 2. The van der Waals surface area contributed by atoms with Crippen LogP contribution in [-0.4, -0.2) is 70.5 Å². The van der Waals surface area contributed by atoms with E-state index < -0.39 is 11.9 Å². The third-order valence-electron chi connectivity index (χ3n) is 7.42. The molecule has 0 radical (unpaired) electrons. The first-order valence-electron chi connectivity index (χ1n) is 16.0. The van der Waals surface area contributed by atoms with Crippen LogP contribution < -0.4 is 29.6 Å². The number of aliphatic carboxylic acids is 2. The first-order valence-corrected chi connectivity index (χ1v) is 16.0. The van der Waals surface area contributed by atoms with Crippen LogP contribution in [0.1, 0.15) is 24.0 Å². The minimum Gasteiger partial charge on any atom is -0.493 e. The molecule has 0 amide bonds. The zero-order valence-corrected chi connectivity index (χ0v) is 29.8. The molecule has 0 saturated heterocycles. The molecule has 2 aromatic heterocycles. The largest absolute Gasteiger partial charge is 0.493 e. The fourth-order valence-electron chi connectivity index (χ4n) is 4.83. The number of benzene rings is 4. The van der Waals surface area contributed by atoms with Crippen molar-refractivity contribution in [1.82, 2.24) is 19.9 Å². The maximum atomic E-state index is 9.64. The second-order valence-electron chi connectivity index (χ2n) is 10.9. The summed E-state index contributed by atoms with van der Waals surface area (Å²) >= 11 is 0. The minimum absolute atomic E-state index is 0.296. The molecular weight excluding hydrogens is 692 g/mol. The molecule has 0 unspecified atom stereocenters. The summed E-state index contributed by atoms with van der Waals surface area (Å²) in [5, 5.41) is 24.0. The zero-order chi connectivity index (χ0) is 39.0. The molecule has 6 rings (SSSR count). The highest BCUT2D eigenvalue weighted by Gasteiger charge is 2.13. The smallest absolute Gasteiger partial charge is 0.303 e. The fraction of sp³-hybridized carbons (Fsp3) is 0.150. The second kappa shape index (κ2) is 19.1. The van der Waals surface area contributed by atoms with Crippen LogP contribution in [0.25, 0.3) is 21.8 Å². The number of anilines is 4. The number of terminal acetylenes is 2. The van der Waals surface area contributed by atoms with E-state index >= 15 is 0 Å². The maximum absolute atomic E-state index is 9.64. The van der Waals surface area contributed by atoms with Gasteiger partial charge in [0.1, 0.15) is 24.3 Å². The van der Waals surface area contributed by atoms with E-state index in [-0.39, 0.29) is 12.8 Å². The van der Waals surface area contributed by atoms with Gasteiger partial charge in [-0.2, -0.15) is 0 Å². The van der Waals surface area contributed by atoms with E-state index in [0.717, 1.165) is 44.3 Å². The van der Waals surface area contributed by atoms with Gasteiger partial charge in [0.15, 0.2) is 23.0 Å². The second-order valence-corrected chi connectivity index (χ2v) is 10.9. The van der Waals surface area contributed by atoms with Gasteiger partial charge >= 0.3 is 11.9 Å². The van der Waals surface area contributed by atoms with Crippen LogP contribution in [0.5, 0.6) is 23.0 Å². The van der Waals surface area contributed by atoms with Crippen molar-refractivity contribution in [2.75, 3.05) is 39.1 Å². The molecule has 0 aliphatic rings. The summed E-state index contributed by atoms with van der Waals surface area (Å²) in [5.74, 6) is 6.91. The Labute approximate surface area is 311 Å². The van der Waals surface area contributed by atoms with Gasteiger partial charge in [-0.15, -0.1) is 12.8 Å². The van der Waals surface area contributed by atoms with Crippen LogP contribution in [0.4, 0.5) is 23.0 Å². The molecule has 0 aliphatic carbocycles. The lowest BCUT2D eigenvalue weighted by Gasteiger charge is -2.12. The van der Waals surface area contributed by atoms with E-state index in [4.69, 9.17) is 42.0 Å². The number of methoxy groups -OCH3 is 4. The summed E-state index contributed by atoms with van der Waals surface area (Å²) in [6.07, 6.45) is 13.3. The monoisotopic (exact) mass is 728 g/mol. The fourth-order valence-corrected chi connectivity index (χ4v) is 4.83. The van der Waals surface area contributed by atoms with E-state index in [2.05, 4.69) is 42.4 Å². The predicted molar refractivity (Wildman–Crippen MR) is 205 cm³/mol. The number of nitrogens with one attached hydrogen (secondary N) is 2. The van der Waals surface area contributed by atoms with Gasteiger partial charge in [0.05, 0.1) is 52.3 Å². The molecule has 14 nitrogen and oxygen atoms in total. The molecule has 0 fully saturated rings. The number of hydrogen-bond donors (Lipinski definition) is 4. The maximum Gasteiger partial charge on any atom is 0.303 e. The number of nitrogens with zero attached hydrogens (tertiary/aromatic N) is 4. The summed E-state index contributed by atoms with van der Waals surface area (Å²) in [6, 6.07) is 22.5. The lowest BCUT2D eigenvalue weighted by atomic mass is 10.2. The SMILES string of the molecule is C#Cc1cccc(Nc2ncnc3cc(OC)c(OC)cc23)c1.C#Cc1cccc(Nc2ncnc3cc(OC)c(OC)cc23)c1.O=C(O)CCC(=O)O. The highest BCUT2D eigenvalue weighted by molar-refractivity contribution is 5.94. The number of fused-ring (bicyclic) bond motifs is 2. The third-order valence-corrected chi connectivity index (χ3v) is 7.42. The van der Waals surface area contributed by atoms with Crippen molar-refractivity contribution < 1.29 is 38.7 Å². The van der Waals surface area contributed by atoms with Gasteiger partial charge in [0, 0.05) is 45.4 Å². The molecule has 274 valence electrons. The van der Waals surface area contributed by atoms with Crippen molar-refractivity contribution in [3.8, 4) is 47.7 Å². The molecule has 0 spiro atoms. The Kier molecular flexibility index (Phi) is 13.9. The average Bonchev–Trinajstić information content (AvgIpc) is 3.19. The van der Waals surface area contributed by atoms with Crippen molar-refractivity contribution in [2.45, 2.75) is 12.8 Å². The molecule has 4 aromatic carbocycles. The Balaban J connectivity index is 0.000000201. The lowest BCUT2D eigenvalue weighted by Crippen LogP contribution is -2.00. The van der Waals surface area contributed by atoms with Crippen molar-refractivity contribution in [2.24, 2.45) is 0 Å². The average molecular weight is 729 g/mol. The predicted octanol–water partition coefficient (Wildman–Crippen LogP) is 6.68. The molecule has 54 heavy (non-hydrogen) atoms. The first kappa shape index (κ1) is 39.2. The van der Waals surface area contributed by atoms with E-state index in [0.29, 0.717) is 34.6 Å². The van der Waals surface area contributed by atoms with E-state index in [1.807, 2.05) is 72.8 Å². The summed E-state index contributed by atoms with van der Waals surface area (Å²) in [6.45, 7) is 0. The number of hydrogen-bond acceptors (Lipinski definition) is 12. The Morgan fingerprint density at radius 2 is 0.963 bits per heavy atom. The Bertz CT molecular complexity index is 2190. The minimum atomic E-state index is -1.08. The summed E-state index contributed by atoms with van der Waals surface area (Å²) < 4.78 is 21.3. The van der Waals surface area contributed by atoms with Gasteiger partial charge in [-0.05, 0) is 48.5 Å². The molecule has 14 heteroatoms. The number of carboxylic acids is 2. The quantitative estimate of drug-likeness (QED) is 0.103. The third kappa shape index (κ3) is 10.5. The number of aromatic nitrogens is 4. The Morgan fingerprint density at radius 1 is 0.593 bits per heavy atom. The molecule has 2 heterocycles. The Morgan fingerprint density at radius 3 is 1.30 bits per heavy atom. The molecule has 0 bridgehead atoms. The lowest BCUT2D eigenvalue weighted by molar-refractivity contribution is -0.143. The van der Waals surface area contributed by atoms with Crippen LogP contribution in [-0.2, 0) is 9.59 Å².